The average molecular weight is 285 g/mol. The minimum Gasteiger partial charge on any atom is -0.497 e. The Morgan fingerprint density at radius 2 is 1.81 bits per heavy atom. The van der Waals surface area contributed by atoms with Crippen molar-refractivity contribution in [2.24, 2.45) is 16.0 Å². The summed E-state index contributed by atoms with van der Waals surface area (Å²) in [6, 6.07) is 14.4. The lowest BCUT2D eigenvalue weighted by molar-refractivity contribution is 0.150. The maximum absolute atomic E-state index is 10.7. The number of hydrogen-bond donors (Lipinski definition) is 1. The van der Waals surface area contributed by atoms with Crippen molar-refractivity contribution in [3.63, 3.8) is 0 Å². The second-order valence-electron chi connectivity index (χ2n) is 4.13. The third-order valence-electron chi connectivity index (χ3n) is 2.71. The van der Waals surface area contributed by atoms with Gasteiger partial charge in [-0.05, 0) is 30.3 Å². The summed E-state index contributed by atoms with van der Waals surface area (Å²) in [5.74, 6) is 0.754. The molecule has 0 heterocycles. The molecule has 0 aliphatic carbocycles. The van der Waals surface area contributed by atoms with E-state index in [1.807, 2.05) is 12.1 Å². The zero-order chi connectivity index (χ0) is 15.1. The second kappa shape index (κ2) is 7.04. The van der Waals surface area contributed by atoms with Crippen LogP contribution in [0.15, 0.2) is 58.8 Å². The molecule has 0 atom stereocenters. The molecule has 1 amide bonds. The highest BCUT2D eigenvalue weighted by Crippen LogP contribution is 2.24. The van der Waals surface area contributed by atoms with Crippen LogP contribution >= 0.6 is 0 Å². The first kappa shape index (κ1) is 14.5. The van der Waals surface area contributed by atoms with Gasteiger partial charge in [-0.2, -0.15) is 10.2 Å². The molecule has 0 saturated heterocycles. The highest BCUT2D eigenvalue weighted by molar-refractivity contribution is 5.64. The number of ether oxygens (including phenoxy) is 2. The molecule has 2 aromatic rings. The molecule has 21 heavy (non-hydrogen) atoms. The number of rotatable bonds is 5. The predicted molar refractivity (Wildman–Crippen MR) is 78.0 cm³/mol. The Morgan fingerprint density at radius 1 is 1.10 bits per heavy atom. The van der Waals surface area contributed by atoms with E-state index < -0.39 is 6.09 Å². The van der Waals surface area contributed by atoms with Gasteiger partial charge in [0, 0.05) is 5.56 Å². The molecule has 0 unspecified atom stereocenters. The van der Waals surface area contributed by atoms with E-state index in [9.17, 15) is 4.79 Å². The minimum atomic E-state index is -0.822. The van der Waals surface area contributed by atoms with E-state index in [1.165, 1.54) is 0 Å². The van der Waals surface area contributed by atoms with E-state index in [2.05, 4.69) is 10.2 Å². The predicted octanol–water partition coefficient (Wildman–Crippen LogP) is 3.71. The zero-order valence-corrected chi connectivity index (χ0v) is 11.5. The maximum atomic E-state index is 10.7. The van der Waals surface area contributed by atoms with Gasteiger partial charge in [-0.1, -0.05) is 18.2 Å². The molecule has 2 aromatic carbocycles. The van der Waals surface area contributed by atoms with Crippen molar-refractivity contribution in [3.05, 3.63) is 54.1 Å². The Bertz CT molecular complexity index is 639. The SMILES string of the molecule is COc1ccc(N=Nc2ccccc2COC(N)=O)cc1. The molecular formula is C15H15N3O3. The number of amides is 1. The van der Waals surface area contributed by atoms with Gasteiger partial charge in [-0.15, -0.1) is 0 Å². The molecule has 0 aliphatic rings. The summed E-state index contributed by atoms with van der Waals surface area (Å²) in [4.78, 5) is 10.7. The van der Waals surface area contributed by atoms with Crippen molar-refractivity contribution in [2.45, 2.75) is 6.61 Å². The summed E-state index contributed by atoms with van der Waals surface area (Å²) in [5, 5.41) is 8.30. The highest BCUT2D eigenvalue weighted by atomic mass is 16.5. The quantitative estimate of drug-likeness (QED) is 0.849. The fourth-order valence-electron chi connectivity index (χ4n) is 1.64. The topological polar surface area (TPSA) is 86.3 Å². The molecule has 0 saturated carbocycles. The van der Waals surface area contributed by atoms with Gasteiger partial charge in [0.05, 0.1) is 18.5 Å². The van der Waals surface area contributed by atoms with Crippen molar-refractivity contribution in [2.75, 3.05) is 7.11 Å². The van der Waals surface area contributed by atoms with Crippen LogP contribution in [0.3, 0.4) is 0 Å². The smallest absolute Gasteiger partial charge is 0.404 e. The van der Waals surface area contributed by atoms with Crippen LogP contribution in [-0.4, -0.2) is 13.2 Å². The van der Waals surface area contributed by atoms with E-state index in [4.69, 9.17) is 15.2 Å². The number of azo groups is 1. The normalized spacial score (nSPS) is 10.5. The number of primary amides is 1. The summed E-state index contributed by atoms with van der Waals surface area (Å²) in [6.45, 7) is 0.0626. The van der Waals surface area contributed by atoms with E-state index in [0.29, 0.717) is 11.4 Å². The lowest BCUT2D eigenvalue weighted by Crippen LogP contribution is -2.12. The molecule has 0 bridgehead atoms. The number of nitrogens with two attached hydrogens (primary N) is 1. The van der Waals surface area contributed by atoms with Crippen LogP contribution in [0.4, 0.5) is 16.2 Å². The van der Waals surface area contributed by atoms with Gasteiger partial charge >= 0.3 is 6.09 Å². The van der Waals surface area contributed by atoms with Crippen LogP contribution in [0.1, 0.15) is 5.56 Å². The van der Waals surface area contributed by atoms with Crippen molar-refractivity contribution >= 4 is 17.5 Å². The van der Waals surface area contributed by atoms with Gasteiger partial charge in [0.1, 0.15) is 12.4 Å². The third kappa shape index (κ3) is 4.31. The molecule has 6 heteroatoms. The maximum Gasteiger partial charge on any atom is 0.404 e. The van der Waals surface area contributed by atoms with E-state index in [1.54, 1.807) is 43.5 Å². The summed E-state index contributed by atoms with van der Waals surface area (Å²) in [6.07, 6.45) is -0.822. The Kier molecular flexibility index (Phi) is 4.87. The van der Waals surface area contributed by atoms with Crippen molar-refractivity contribution in [1.29, 1.82) is 0 Å². The zero-order valence-electron chi connectivity index (χ0n) is 11.5. The number of carbonyl (C=O) groups excluding carboxylic acids is 1. The Morgan fingerprint density at radius 3 is 2.48 bits per heavy atom. The molecule has 0 aliphatic heterocycles. The average Bonchev–Trinajstić information content (AvgIpc) is 2.52. The molecule has 0 radical (unpaired) electrons. The Balaban J connectivity index is 2.13. The van der Waals surface area contributed by atoms with E-state index >= 15 is 0 Å². The lowest BCUT2D eigenvalue weighted by atomic mass is 10.2. The first-order valence-electron chi connectivity index (χ1n) is 6.25. The van der Waals surface area contributed by atoms with Gasteiger partial charge in [0.25, 0.3) is 0 Å². The number of methoxy groups -OCH3 is 1. The minimum absolute atomic E-state index is 0.0626. The number of hydrogen-bond acceptors (Lipinski definition) is 5. The standard InChI is InChI=1S/C15H15N3O3/c1-20-13-8-6-12(7-9-13)17-18-14-5-3-2-4-11(14)10-21-15(16)19/h2-9H,10H2,1H3,(H2,16,19). The number of benzene rings is 2. The van der Waals surface area contributed by atoms with Gasteiger partial charge < -0.3 is 15.2 Å². The van der Waals surface area contributed by atoms with Crippen molar-refractivity contribution in [1.82, 2.24) is 0 Å². The number of carbonyl (C=O) groups is 1. The summed E-state index contributed by atoms with van der Waals surface area (Å²) < 4.78 is 9.84. The first-order chi connectivity index (χ1) is 10.2. The molecule has 0 spiro atoms. The summed E-state index contributed by atoms with van der Waals surface area (Å²) in [5.41, 5.74) is 7.00. The van der Waals surface area contributed by atoms with Gasteiger partial charge in [-0.3, -0.25) is 0 Å². The van der Waals surface area contributed by atoms with Crippen LogP contribution in [0.2, 0.25) is 0 Å². The van der Waals surface area contributed by atoms with Gasteiger partial charge in [-0.25, -0.2) is 4.79 Å². The van der Waals surface area contributed by atoms with Crippen LogP contribution in [0.25, 0.3) is 0 Å². The highest BCUT2D eigenvalue weighted by Gasteiger charge is 2.03. The number of nitrogens with zero attached hydrogens (tertiary/aromatic N) is 2. The van der Waals surface area contributed by atoms with Crippen molar-refractivity contribution < 1.29 is 14.3 Å². The third-order valence-corrected chi connectivity index (χ3v) is 2.71. The fraction of sp³-hybridized carbons (Fsp3) is 0.133. The summed E-state index contributed by atoms with van der Waals surface area (Å²) in [7, 11) is 1.60. The summed E-state index contributed by atoms with van der Waals surface area (Å²) >= 11 is 0. The van der Waals surface area contributed by atoms with Crippen molar-refractivity contribution in [3.8, 4) is 5.75 Å². The first-order valence-corrected chi connectivity index (χ1v) is 6.25. The molecule has 6 nitrogen and oxygen atoms in total. The largest absolute Gasteiger partial charge is 0.497 e. The molecule has 108 valence electrons. The fourth-order valence-corrected chi connectivity index (χ4v) is 1.64. The Labute approximate surface area is 122 Å². The molecule has 2 rings (SSSR count). The Hall–Kier alpha value is -2.89. The van der Waals surface area contributed by atoms with Gasteiger partial charge in [0.2, 0.25) is 0 Å². The van der Waals surface area contributed by atoms with Crippen LogP contribution in [0, 0.1) is 0 Å². The van der Waals surface area contributed by atoms with Crippen LogP contribution in [0.5, 0.6) is 5.75 Å². The van der Waals surface area contributed by atoms with Gasteiger partial charge in [0.15, 0.2) is 0 Å². The molecular weight excluding hydrogens is 270 g/mol. The lowest BCUT2D eigenvalue weighted by Gasteiger charge is -2.04. The van der Waals surface area contributed by atoms with E-state index in [0.717, 1.165) is 11.3 Å². The molecule has 0 fully saturated rings. The molecule has 2 N–H and O–H groups in total. The molecule has 0 aromatic heterocycles. The van der Waals surface area contributed by atoms with E-state index in [-0.39, 0.29) is 6.61 Å². The van der Waals surface area contributed by atoms with Crippen LogP contribution in [-0.2, 0) is 11.3 Å². The monoisotopic (exact) mass is 285 g/mol. The second-order valence-corrected chi connectivity index (χ2v) is 4.13. The van der Waals surface area contributed by atoms with Crippen LogP contribution < -0.4 is 10.5 Å².